The molecule has 0 aliphatic rings. The molecule has 0 aromatic carbocycles. The Kier molecular flexibility index (Phi) is 2.73. The van der Waals surface area contributed by atoms with Crippen LogP contribution in [0.5, 0.6) is 0 Å². The van der Waals surface area contributed by atoms with Crippen molar-refractivity contribution in [2.75, 3.05) is 12.4 Å². The second kappa shape index (κ2) is 4.20. The Morgan fingerprint density at radius 3 is 2.76 bits per heavy atom. The molecule has 1 N–H and O–H groups in total. The number of aromatic nitrogens is 3. The van der Waals surface area contributed by atoms with Gasteiger partial charge in [-0.05, 0) is 6.07 Å². The Morgan fingerprint density at radius 2 is 2.24 bits per heavy atom. The van der Waals surface area contributed by atoms with Crippen molar-refractivity contribution >= 4 is 11.5 Å². The molecule has 17 heavy (non-hydrogen) atoms. The van der Waals surface area contributed by atoms with Gasteiger partial charge in [0.1, 0.15) is 5.82 Å². The van der Waals surface area contributed by atoms with Crippen molar-refractivity contribution in [3.63, 3.8) is 0 Å². The third kappa shape index (κ3) is 2.07. The Labute approximate surface area is 97.2 Å². The summed E-state index contributed by atoms with van der Waals surface area (Å²) in [6.45, 7) is 0. The molecular weight excluding hydrogens is 222 g/mol. The number of aryl methyl sites for hydroxylation is 1. The van der Waals surface area contributed by atoms with Gasteiger partial charge in [0.25, 0.3) is 5.69 Å². The maximum Gasteiger partial charge on any atom is 0.295 e. The van der Waals surface area contributed by atoms with Crippen LogP contribution in [0.2, 0.25) is 0 Å². The van der Waals surface area contributed by atoms with E-state index in [1.54, 1.807) is 37.2 Å². The first-order valence-corrected chi connectivity index (χ1v) is 4.94. The van der Waals surface area contributed by atoms with Gasteiger partial charge in [-0.15, -0.1) is 0 Å². The largest absolute Gasteiger partial charge is 0.373 e. The van der Waals surface area contributed by atoms with Gasteiger partial charge in [0.2, 0.25) is 0 Å². The number of hydrogen-bond acceptors (Lipinski definition) is 5. The van der Waals surface area contributed by atoms with Crippen molar-refractivity contribution in [3.8, 4) is 11.3 Å². The third-order valence-corrected chi connectivity index (χ3v) is 2.31. The normalized spacial score (nSPS) is 10.2. The van der Waals surface area contributed by atoms with Crippen molar-refractivity contribution < 1.29 is 4.92 Å². The number of nitrogens with zero attached hydrogens (tertiary/aromatic N) is 4. The zero-order chi connectivity index (χ0) is 12.4. The lowest BCUT2D eigenvalue weighted by atomic mass is 10.2. The quantitative estimate of drug-likeness (QED) is 0.640. The van der Waals surface area contributed by atoms with Gasteiger partial charge >= 0.3 is 0 Å². The Balaban J connectivity index is 2.60. The van der Waals surface area contributed by atoms with Crippen LogP contribution in [0.15, 0.2) is 24.5 Å². The zero-order valence-electron chi connectivity index (χ0n) is 9.41. The lowest BCUT2D eigenvalue weighted by Crippen LogP contribution is -1.98. The van der Waals surface area contributed by atoms with Gasteiger partial charge in [0, 0.05) is 31.9 Å². The summed E-state index contributed by atoms with van der Waals surface area (Å²) in [7, 11) is 3.46. The van der Waals surface area contributed by atoms with E-state index < -0.39 is 4.92 Å². The molecule has 2 aromatic rings. The van der Waals surface area contributed by atoms with Crippen LogP contribution in [0.4, 0.5) is 11.5 Å². The highest BCUT2D eigenvalue weighted by Crippen LogP contribution is 2.28. The molecule has 2 heterocycles. The van der Waals surface area contributed by atoms with Crippen LogP contribution in [-0.2, 0) is 7.05 Å². The summed E-state index contributed by atoms with van der Waals surface area (Å²) in [5.41, 5.74) is 0.906. The van der Waals surface area contributed by atoms with Crippen LogP contribution in [-0.4, -0.2) is 26.7 Å². The summed E-state index contributed by atoms with van der Waals surface area (Å²) in [5.74, 6) is 0.578. The smallest absolute Gasteiger partial charge is 0.295 e. The van der Waals surface area contributed by atoms with Gasteiger partial charge in [-0.2, -0.15) is 5.10 Å². The maximum atomic E-state index is 10.9. The lowest BCUT2D eigenvalue weighted by molar-refractivity contribution is -0.384. The minimum absolute atomic E-state index is 0.0306. The van der Waals surface area contributed by atoms with Gasteiger partial charge in [-0.3, -0.25) is 14.8 Å². The van der Waals surface area contributed by atoms with Crippen LogP contribution in [0.1, 0.15) is 0 Å². The third-order valence-electron chi connectivity index (χ3n) is 2.31. The van der Waals surface area contributed by atoms with E-state index in [-0.39, 0.29) is 5.69 Å². The first kappa shape index (κ1) is 11.1. The fourth-order valence-electron chi connectivity index (χ4n) is 1.49. The molecule has 7 heteroatoms. The van der Waals surface area contributed by atoms with E-state index in [9.17, 15) is 10.1 Å². The first-order valence-electron chi connectivity index (χ1n) is 4.94. The van der Waals surface area contributed by atoms with Crippen molar-refractivity contribution in [2.45, 2.75) is 0 Å². The minimum atomic E-state index is -0.450. The molecule has 0 aliphatic carbocycles. The summed E-state index contributed by atoms with van der Waals surface area (Å²) in [4.78, 5) is 14.7. The van der Waals surface area contributed by atoms with E-state index in [1.165, 1.54) is 6.07 Å². The fraction of sp³-hybridized carbons (Fsp3) is 0.200. The van der Waals surface area contributed by atoms with Crippen LogP contribution in [0.25, 0.3) is 11.3 Å². The average molecular weight is 233 g/mol. The lowest BCUT2D eigenvalue weighted by Gasteiger charge is -2.03. The number of hydrogen-bond donors (Lipinski definition) is 1. The summed E-state index contributed by atoms with van der Waals surface area (Å²) < 4.78 is 1.58. The van der Waals surface area contributed by atoms with Crippen LogP contribution < -0.4 is 5.32 Å². The molecule has 0 saturated heterocycles. The van der Waals surface area contributed by atoms with E-state index in [4.69, 9.17) is 0 Å². The molecule has 88 valence electrons. The second-order valence-electron chi connectivity index (χ2n) is 3.47. The topological polar surface area (TPSA) is 85.9 Å². The van der Waals surface area contributed by atoms with Crippen LogP contribution in [0, 0.1) is 10.1 Å². The minimum Gasteiger partial charge on any atom is -0.373 e. The van der Waals surface area contributed by atoms with E-state index in [0.29, 0.717) is 17.1 Å². The van der Waals surface area contributed by atoms with E-state index >= 15 is 0 Å². The number of nitrogens with one attached hydrogen (secondary N) is 1. The van der Waals surface area contributed by atoms with Crippen molar-refractivity contribution in [3.05, 3.63) is 34.6 Å². The van der Waals surface area contributed by atoms with E-state index in [0.717, 1.165) is 0 Å². The molecule has 0 aliphatic heterocycles. The van der Waals surface area contributed by atoms with Gasteiger partial charge in [-0.25, -0.2) is 4.98 Å². The SMILES string of the molecule is CNc1ccc([N+](=O)[O-])c(-c2cnn(C)c2)n1. The number of nitro groups is 1. The fourth-order valence-corrected chi connectivity index (χ4v) is 1.49. The van der Waals surface area contributed by atoms with Gasteiger partial charge in [0.05, 0.1) is 11.1 Å². The number of rotatable bonds is 3. The van der Waals surface area contributed by atoms with E-state index in [1.807, 2.05) is 0 Å². The zero-order valence-corrected chi connectivity index (χ0v) is 9.41. The summed E-state index contributed by atoms with van der Waals surface area (Å²) in [6.07, 6.45) is 3.24. The molecule has 0 amide bonds. The molecule has 0 saturated carbocycles. The number of anilines is 1. The molecule has 0 radical (unpaired) electrons. The summed E-state index contributed by atoms with van der Waals surface area (Å²) >= 11 is 0. The highest BCUT2D eigenvalue weighted by molar-refractivity contribution is 5.70. The van der Waals surface area contributed by atoms with Gasteiger partial charge in [0.15, 0.2) is 5.69 Å². The highest BCUT2D eigenvalue weighted by Gasteiger charge is 2.18. The Hall–Kier alpha value is -2.44. The number of pyridine rings is 1. The van der Waals surface area contributed by atoms with Crippen LogP contribution in [0.3, 0.4) is 0 Å². The molecule has 2 aromatic heterocycles. The highest BCUT2D eigenvalue weighted by atomic mass is 16.6. The predicted octanol–water partition coefficient (Wildman–Crippen LogP) is 1.43. The molecule has 0 atom stereocenters. The molecule has 0 unspecified atom stereocenters. The molecular formula is C10H11N5O2. The van der Waals surface area contributed by atoms with Crippen molar-refractivity contribution in [1.29, 1.82) is 0 Å². The van der Waals surface area contributed by atoms with Crippen molar-refractivity contribution in [1.82, 2.24) is 14.8 Å². The van der Waals surface area contributed by atoms with Crippen molar-refractivity contribution in [2.24, 2.45) is 7.05 Å². The average Bonchev–Trinajstić information content (AvgIpc) is 2.75. The Morgan fingerprint density at radius 1 is 1.47 bits per heavy atom. The molecule has 0 fully saturated rings. The van der Waals surface area contributed by atoms with E-state index in [2.05, 4.69) is 15.4 Å². The molecule has 0 spiro atoms. The Bertz CT molecular complexity index is 564. The summed E-state index contributed by atoms with van der Waals surface area (Å²) in [5, 5.41) is 17.8. The predicted molar refractivity (Wildman–Crippen MR) is 62.6 cm³/mol. The van der Waals surface area contributed by atoms with Gasteiger partial charge < -0.3 is 5.32 Å². The van der Waals surface area contributed by atoms with Gasteiger partial charge in [-0.1, -0.05) is 0 Å². The summed E-state index contributed by atoms with van der Waals surface area (Å²) in [6, 6.07) is 3.00. The molecule has 7 nitrogen and oxygen atoms in total. The maximum absolute atomic E-state index is 10.9. The molecule has 2 rings (SSSR count). The molecule has 0 bridgehead atoms. The monoisotopic (exact) mass is 233 g/mol. The second-order valence-corrected chi connectivity index (χ2v) is 3.47. The standard InChI is InChI=1S/C10H11N5O2/c1-11-9-4-3-8(15(16)17)10(13-9)7-5-12-14(2)6-7/h3-6H,1-2H3,(H,11,13). The first-order chi connectivity index (χ1) is 8.11. The van der Waals surface area contributed by atoms with Crippen LogP contribution >= 0.6 is 0 Å².